The Balaban J connectivity index is 1.53. The number of fused-ring (bicyclic) bond motifs is 3. The summed E-state index contributed by atoms with van der Waals surface area (Å²) in [6.45, 7) is 3.12. The van der Waals surface area contributed by atoms with E-state index in [0.717, 1.165) is 48.4 Å². The molecule has 0 saturated heterocycles. The fraction of sp³-hybridized carbons (Fsp3) is 0.227. The van der Waals surface area contributed by atoms with Crippen molar-refractivity contribution in [1.82, 2.24) is 14.5 Å². The van der Waals surface area contributed by atoms with Gasteiger partial charge in [-0.3, -0.25) is 9.47 Å². The summed E-state index contributed by atoms with van der Waals surface area (Å²) in [5, 5.41) is 0. The van der Waals surface area contributed by atoms with Gasteiger partial charge in [-0.15, -0.1) is 0 Å². The highest BCUT2D eigenvalue weighted by Gasteiger charge is 2.27. The largest absolute Gasteiger partial charge is 0.497 e. The third kappa shape index (κ3) is 3.12. The van der Waals surface area contributed by atoms with Gasteiger partial charge in [-0.05, 0) is 29.8 Å². The minimum Gasteiger partial charge on any atom is -0.497 e. The Morgan fingerprint density at radius 2 is 1.89 bits per heavy atom. The molecule has 6 heteroatoms. The predicted molar refractivity (Wildman–Crippen MR) is 108 cm³/mol. The number of hydrogen-bond donors (Lipinski definition) is 0. The van der Waals surface area contributed by atoms with Gasteiger partial charge in [0.2, 0.25) is 5.95 Å². The van der Waals surface area contributed by atoms with Gasteiger partial charge < -0.3 is 14.1 Å². The van der Waals surface area contributed by atoms with Crippen LogP contribution < -0.4 is 9.64 Å². The molecular formula is C22H22N4O2. The summed E-state index contributed by atoms with van der Waals surface area (Å²) in [7, 11) is 1.69. The molecule has 0 radical (unpaired) electrons. The molecule has 1 aliphatic heterocycles. The molecule has 2 aromatic carbocycles. The summed E-state index contributed by atoms with van der Waals surface area (Å²) in [5.41, 5.74) is 3.35. The maximum atomic E-state index is 5.60. The van der Waals surface area contributed by atoms with Crippen LogP contribution in [0.2, 0.25) is 0 Å². The van der Waals surface area contributed by atoms with Gasteiger partial charge in [-0.1, -0.05) is 30.3 Å². The SMILES string of the molecule is COc1ccc2nc3n(c2c1)CN(Cc1ccccc1)CN3Cc1ccco1. The molecule has 0 saturated carbocycles. The lowest BCUT2D eigenvalue weighted by Crippen LogP contribution is -2.44. The lowest BCUT2D eigenvalue weighted by Gasteiger charge is -2.36. The van der Waals surface area contributed by atoms with Gasteiger partial charge in [0.1, 0.15) is 11.5 Å². The fourth-order valence-electron chi connectivity index (χ4n) is 3.80. The van der Waals surface area contributed by atoms with E-state index in [-0.39, 0.29) is 0 Å². The molecule has 0 unspecified atom stereocenters. The summed E-state index contributed by atoms with van der Waals surface area (Å²) in [6.07, 6.45) is 1.72. The van der Waals surface area contributed by atoms with Crippen LogP contribution in [0, 0.1) is 0 Å². The maximum Gasteiger partial charge on any atom is 0.209 e. The molecule has 6 nitrogen and oxygen atoms in total. The number of aromatic nitrogens is 2. The van der Waals surface area contributed by atoms with Crippen molar-refractivity contribution in [2.75, 3.05) is 18.7 Å². The molecule has 1 aliphatic rings. The van der Waals surface area contributed by atoms with Crippen LogP contribution >= 0.6 is 0 Å². The molecule has 0 N–H and O–H groups in total. The Bertz CT molecular complexity index is 1070. The molecule has 0 fully saturated rings. The highest BCUT2D eigenvalue weighted by atomic mass is 16.5. The molecule has 0 amide bonds. The molecule has 3 heterocycles. The number of hydrogen-bond acceptors (Lipinski definition) is 5. The van der Waals surface area contributed by atoms with E-state index in [1.54, 1.807) is 13.4 Å². The zero-order valence-electron chi connectivity index (χ0n) is 15.8. The van der Waals surface area contributed by atoms with E-state index < -0.39 is 0 Å². The smallest absolute Gasteiger partial charge is 0.209 e. The lowest BCUT2D eigenvalue weighted by molar-refractivity contribution is 0.188. The van der Waals surface area contributed by atoms with Crippen LogP contribution in [0.4, 0.5) is 5.95 Å². The van der Waals surface area contributed by atoms with Gasteiger partial charge in [-0.2, -0.15) is 0 Å². The summed E-state index contributed by atoms with van der Waals surface area (Å²) >= 11 is 0. The zero-order valence-corrected chi connectivity index (χ0v) is 15.8. The quantitative estimate of drug-likeness (QED) is 0.527. The number of imidazole rings is 1. The van der Waals surface area contributed by atoms with Gasteiger partial charge >= 0.3 is 0 Å². The van der Waals surface area contributed by atoms with E-state index in [9.17, 15) is 0 Å². The van der Waals surface area contributed by atoms with E-state index in [1.807, 2.05) is 24.3 Å². The summed E-state index contributed by atoms with van der Waals surface area (Å²) in [4.78, 5) is 9.57. The van der Waals surface area contributed by atoms with Crippen molar-refractivity contribution in [3.05, 3.63) is 78.3 Å². The Morgan fingerprint density at radius 3 is 2.68 bits per heavy atom. The second-order valence-electron chi connectivity index (χ2n) is 7.07. The third-order valence-electron chi connectivity index (χ3n) is 5.11. The second-order valence-corrected chi connectivity index (χ2v) is 7.07. The van der Waals surface area contributed by atoms with E-state index in [0.29, 0.717) is 6.54 Å². The molecule has 0 aliphatic carbocycles. The molecule has 28 heavy (non-hydrogen) atoms. The van der Waals surface area contributed by atoms with Crippen molar-refractivity contribution in [3.63, 3.8) is 0 Å². The molecule has 0 atom stereocenters. The zero-order chi connectivity index (χ0) is 18.9. The normalized spacial score (nSPS) is 14.4. The minimum absolute atomic E-state index is 0.679. The number of rotatable bonds is 5. The first-order valence-electron chi connectivity index (χ1n) is 9.38. The Kier molecular flexibility index (Phi) is 4.25. The number of methoxy groups -OCH3 is 1. The van der Waals surface area contributed by atoms with Crippen LogP contribution in [0.3, 0.4) is 0 Å². The van der Waals surface area contributed by atoms with Gasteiger partial charge in [-0.25, -0.2) is 4.98 Å². The van der Waals surface area contributed by atoms with E-state index in [1.165, 1.54) is 5.56 Å². The number of benzene rings is 2. The number of ether oxygens (including phenoxy) is 1. The molecule has 4 aromatic rings. The molecule has 2 aromatic heterocycles. The number of furan rings is 1. The summed E-state index contributed by atoms with van der Waals surface area (Å²) in [5.74, 6) is 2.73. The monoisotopic (exact) mass is 374 g/mol. The van der Waals surface area contributed by atoms with Crippen molar-refractivity contribution in [1.29, 1.82) is 0 Å². The van der Waals surface area contributed by atoms with Crippen LogP contribution in [0.15, 0.2) is 71.3 Å². The number of nitrogens with zero attached hydrogens (tertiary/aromatic N) is 4. The first kappa shape index (κ1) is 16.9. The van der Waals surface area contributed by atoms with Crippen molar-refractivity contribution >= 4 is 17.0 Å². The molecule has 0 spiro atoms. The highest BCUT2D eigenvalue weighted by Crippen LogP contribution is 2.31. The van der Waals surface area contributed by atoms with Crippen LogP contribution in [-0.2, 0) is 19.8 Å². The number of anilines is 1. The van der Waals surface area contributed by atoms with E-state index in [2.05, 4.69) is 50.8 Å². The Labute approximate surface area is 163 Å². The van der Waals surface area contributed by atoms with Crippen molar-refractivity contribution < 1.29 is 9.15 Å². The standard InChI is InChI=1S/C22H22N4O2/c1-27-18-9-10-20-21(12-18)26-16-24(13-17-6-3-2-4-7-17)15-25(22(26)23-20)14-19-8-5-11-28-19/h2-12H,13-16H2,1H3. The summed E-state index contributed by atoms with van der Waals surface area (Å²) < 4.78 is 13.3. The van der Waals surface area contributed by atoms with Crippen LogP contribution in [0.1, 0.15) is 11.3 Å². The molecular weight excluding hydrogens is 352 g/mol. The highest BCUT2D eigenvalue weighted by molar-refractivity contribution is 5.80. The van der Waals surface area contributed by atoms with Crippen molar-refractivity contribution in [2.24, 2.45) is 0 Å². The first-order chi connectivity index (χ1) is 13.8. The Hall–Kier alpha value is -3.25. The molecule has 0 bridgehead atoms. The second kappa shape index (κ2) is 7.05. The average Bonchev–Trinajstić information content (AvgIpc) is 3.36. The average molecular weight is 374 g/mol. The van der Waals surface area contributed by atoms with Gasteiger partial charge in [0.05, 0.1) is 44.3 Å². The van der Waals surface area contributed by atoms with Crippen LogP contribution in [-0.4, -0.2) is 28.2 Å². The van der Waals surface area contributed by atoms with Crippen LogP contribution in [0.5, 0.6) is 5.75 Å². The van der Waals surface area contributed by atoms with Crippen molar-refractivity contribution in [3.8, 4) is 5.75 Å². The third-order valence-corrected chi connectivity index (χ3v) is 5.11. The minimum atomic E-state index is 0.679. The van der Waals surface area contributed by atoms with Crippen LogP contribution in [0.25, 0.3) is 11.0 Å². The van der Waals surface area contributed by atoms with Crippen molar-refractivity contribution in [2.45, 2.75) is 19.8 Å². The van der Waals surface area contributed by atoms with E-state index >= 15 is 0 Å². The molecule has 142 valence electrons. The molecule has 5 rings (SSSR count). The van der Waals surface area contributed by atoms with Gasteiger partial charge in [0.25, 0.3) is 0 Å². The predicted octanol–water partition coefficient (Wildman–Crippen LogP) is 4.08. The van der Waals surface area contributed by atoms with Gasteiger partial charge in [0, 0.05) is 12.6 Å². The fourth-order valence-corrected chi connectivity index (χ4v) is 3.80. The van der Waals surface area contributed by atoms with Gasteiger partial charge in [0.15, 0.2) is 0 Å². The maximum absolute atomic E-state index is 5.60. The van der Waals surface area contributed by atoms with E-state index in [4.69, 9.17) is 14.1 Å². The summed E-state index contributed by atoms with van der Waals surface area (Å²) in [6, 6.07) is 20.5. The lowest BCUT2D eigenvalue weighted by atomic mass is 10.2. The first-order valence-corrected chi connectivity index (χ1v) is 9.38. The topological polar surface area (TPSA) is 46.7 Å². The Morgan fingerprint density at radius 1 is 1.00 bits per heavy atom.